The number of aryl methyl sites for hydroxylation is 3. The van der Waals surface area contributed by atoms with Crippen molar-refractivity contribution in [1.82, 2.24) is 4.90 Å². The molecule has 0 unspecified atom stereocenters. The topological polar surface area (TPSA) is 69.7 Å². The summed E-state index contributed by atoms with van der Waals surface area (Å²) in [5.41, 5.74) is 5.73. The van der Waals surface area contributed by atoms with Crippen LogP contribution in [0.5, 0.6) is 0 Å². The third-order valence-corrected chi connectivity index (χ3v) is 10.0. The quantitative estimate of drug-likeness (QED) is 0.359. The van der Waals surface area contributed by atoms with Crippen LogP contribution in [0.3, 0.4) is 0 Å². The lowest BCUT2D eigenvalue weighted by atomic mass is 9.89. The van der Waals surface area contributed by atoms with Crippen molar-refractivity contribution < 1.29 is 13.2 Å². The number of hydrogen-bond donors (Lipinski definition) is 1. The number of hydrogen-bond acceptors (Lipinski definition) is 4. The first kappa shape index (κ1) is 28.2. The minimum Gasteiger partial charge on any atom is -0.371 e. The molecule has 2 heterocycles. The summed E-state index contributed by atoms with van der Waals surface area (Å²) in [6.45, 7) is 8.86. The summed E-state index contributed by atoms with van der Waals surface area (Å²) in [4.78, 5) is 18.4. The fourth-order valence-corrected chi connectivity index (χ4v) is 7.94. The molecule has 2 aliphatic heterocycles. The monoisotopic (exact) mass is 559 g/mol. The zero-order valence-corrected chi connectivity index (χ0v) is 24.8. The van der Waals surface area contributed by atoms with Gasteiger partial charge < -0.3 is 9.80 Å². The van der Waals surface area contributed by atoms with Crippen molar-refractivity contribution in [3.05, 3.63) is 88.5 Å². The van der Waals surface area contributed by atoms with E-state index in [9.17, 15) is 13.2 Å². The molecule has 0 saturated carbocycles. The number of nitrogens with zero attached hydrogens (tertiary/aromatic N) is 2. The highest BCUT2D eigenvalue weighted by Gasteiger charge is 2.28. The lowest BCUT2D eigenvalue weighted by Gasteiger charge is -2.36. The second-order valence-corrected chi connectivity index (χ2v) is 13.2. The van der Waals surface area contributed by atoms with E-state index in [0.29, 0.717) is 33.2 Å². The van der Waals surface area contributed by atoms with Gasteiger partial charge in [0.15, 0.2) is 0 Å². The Morgan fingerprint density at radius 2 is 1.50 bits per heavy atom. The molecule has 2 fully saturated rings. The highest BCUT2D eigenvalue weighted by Crippen LogP contribution is 2.33. The van der Waals surface area contributed by atoms with Gasteiger partial charge in [0.1, 0.15) is 0 Å². The molecule has 0 atom stereocenters. The van der Waals surface area contributed by atoms with Crippen LogP contribution < -0.4 is 9.62 Å². The summed E-state index contributed by atoms with van der Waals surface area (Å²) < 4.78 is 29.8. The molecule has 5 rings (SSSR count). The molecule has 0 spiro atoms. The molecular weight excluding hydrogens is 518 g/mol. The number of carbonyl (C=O) groups is 1. The molecule has 0 radical (unpaired) electrons. The Morgan fingerprint density at radius 3 is 2.15 bits per heavy atom. The van der Waals surface area contributed by atoms with Crippen LogP contribution in [-0.2, 0) is 16.4 Å². The first-order chi connectivity index (χ1) is 19.2. The van der Waals surface area contributed by atoms with Crippen LogP contribution >= 0.6 is 0 Å². The fourth-order valence-electron chi connectivity index (χ4n) is 6.44. The van der Waals surface area contributed by atoms with Gasteiger partial charge in [-0.1, -0.05) is 48.0 Å². The predicted molar refractivity (Wildman–Crippen MR) is 163 cm³/mol. The summed E-state index contributed by atoms with van der Waals surface area (Å²) >= 11 is 0. The molecule has 3 aromatic carbocycles. The Kier molecular flexibility index (Phi) is 8.50. The van der Waals surface area contributed by atoms with Crippen LogP contribution in [-0.4, -0.2) is 45.4 Å². The van der Waals surface area contributed by atoms with Gasteiger partial charge >= 0.3 is 0 Å². The Bertz CT molecular complexity index is 1430. The molecule has 40 heavy (non-hydrogen) atoms. The standard InChI is InChI=1S/C33H41N3O3S/c1-24-20-25(2)32(26(3)21-24)40(38,39)34-29-12-13-31(30(23-29)33(37)36-16-8-5-9-17-36)35-18-14-28(15-19-35)22-27-10-6-4-7-11-27/h4,6-7,10-13,20-21,23,28,34H,5,8-9,14-19,22H2,1-3H3. The van der Waals surface area contributed by atoms with Crippen LogP contribution in [0.15, 0.2) is 65.6 Å². The van der Waals surface area contributed by atoms with Crippen molar-refractivity contribution in [2.75, 3.05) is 35.8 Å². The van der Waals surface area contributed by atoms with E-state index in [4.69, 9.17) is 0 Å². The molecule has 212 valence electrons. The van der Waals surface area contributed by atoms with Gasteiger partial charge in [-0.2, -0.15) is 0 Å². The number of piperidine rings is 2. The summed E-state index contributed by atoms with van der Waals surface area (Å²) in [5.74, 6) is 0.608. The maximum Gasteiger partial charge on any atom is 0.262 e. The number of nitrogens with one attached hydrogen (secondary N) is 1. The Hall–Kier alpha value is -3.32. The van der Waals surface area contributed by atoms with Gasteiger partial charge in [-0.3, -0.25) is 9.52 Å². The van der Waals surface area contributed by atoms with E-state index < -0.39 is 10.0 Å². The molecule has 3 aromatic rings. The van der Waals surface area contributed by atoms with Crippen molar-refractivity contribution >= 4 is 27.3 Å². The Labute approximate surface area is 239 Å². The van der Waals surface area contributed by atoms with Gasteiger partial charge in [0.05, 0.1) is 10.5 Å². The van der Waals surface area contributed by atoms with Crippen molar-refractivity contribution in [2.45, 2.75) is 64.2 Å². The van der Waals surface area contributed by atoms with Crippen molar-refractivity contribution in [3.8, 4) is 0 Å². The molecule has 0 aromatic heterocycles. The minimum absolute atomic E-state index is 0.00939. The van der Waals surface area contributed by atoms with E-state index in [0.717, 1.165) is 76.0 Å². The van der Waals surface area contributed by atoms with Crippen LogP contribution in [0.4, 0.5) is 11.4 Å². The normalized spacial score (nSPS) is 16.7. The summed E-state index contributed by atoms with van der Waals surface area (Å²) in [7, 11) is -3.82. The van der Waals surface area contributed by atoms with Gasteiger partial charge in [0, 0.05) is 37.6 Å². The lowest BCUT2D eigenvalue weighted by molar-refractivity contribution is 0.0725. The van der Waals surface area contributed by atoms with E-state index in [2.05, 4.69) is 40.0 Å². The van der Waals surface area contributed by atoms with Gasteiger partial charge in [-0.05, 0) is 100 Å². The van der Waals surface area contributed by atoms with Crippen molar-refractivity contribution in [1.29, 1.82) is 0 Å². The lowest BCUT2D eigenvalue weighted by Crippen LogP contribution is -2.39. The van der Waals surface area contributed by atoms with Gasteiger partial charge in [0.25, 0.3) is 15.9 Å². The number of sulfonamides is 1. The van der Waals surface area contributed by atoms with E-state index in [1.54, 1.807) is 12.1 Å². The number of carbonyl (C=O) groups excluding carboxylic acids is 1. The Morgan fingerprint density at radius 1 is 0.850 bits per heavy atom. The van der Waals surface area contributed by atoms with E-state index in [-0.39, 0.29) is 5.91 Å². The largest absolute Gasteiger partial charge is 0.371 e. The Balaban J connectivity index is 1.40. The van der Waals surface area contributed by atoms with Crippen LogP contribution in [0, 0.1) is 26.7 Å². The third kappa shape index (κ3) is 6.35. The predicted octanol–water partition coefficient (Wildman–Crippen LogP) is 6.50. The highest BCUT2D eigenvalue weighted by atomic mass is 32.2. The molecule has 1 N–H and O–H groups in total. The average molecular weight is 560 g/mol. The third-order valence-electron chi connectivity index (χ3n) is 8.32. The maximum absolute atomic E-state index is 13.8. The van der Waals surface area contributed by atoms with E-state index in [1.165, 1.54) is 5.56 Å². The summed E-state index contributed by atoms with van der Waals surface area (Å²) in [6, 6.07) is 19.9. The molecule has 2 saturated heterocycles. The number of likely N-dealkylation sites (tertiary alicyclic amines) is 1. The molecule has 7 heteroatoms. The first-order valence-corrected chi connectivity index (χ1v) is 16.0. The van der Waals surface area contributed by atoms with Crippen LogP contribution in [0.25, 0.3) is 0 Å². The van der Waals surface area contributed by atoms with Gasteiger partial charge in [0.2, 0.25) is 0 Å². The first-order valence-electron chi connectivity index (χ1n) is 14.5. The van der Waals surface area contributed by atoms with E-state index >= 15 is 0 Å². The SMILES string of the molecule is Cc1cc(C)c(S(=O)(=O)Nc2ccc(N3CCC(Cc4ccccc4)CC3)c(C(=O)N3CCCCC3)c2)c(C)c1. The molecule has 0 bridgehead atoms. The number of anilines is 2. The van der Waals surface area contributed by atoms with Crippen LogP contribution in [0.1, 0.15) is 64.7 Å². The smallest absolute Gasteiger partial charge is 0.262 e. The molecule has 0 aliphatic carbocycles. The summed E-state index contributed by atoms with van der Waals surface area (Å²) in [5, 5.41) is 0. The number of benzene rings is 3. The maximum atomic E-state index is 13.8. The number of rotatable bonds is 7. The molecule has 2 aliphatic rings. The molecule has 1 amide bonds. The molecular formula is C33H41N3O3S. The van der Waals surface area contributed by atoms with Crippen molar-refractivity contribution in [2.24, 2.45) is 5.92 Å². The van der Waals surface area contributed by atoms with Gasteiger partial charge in [-0.25, -0.2) is 8.42 Å². The second-order valence-electron chi connectivity index (χ2n) is 11.5. The number of amides is 1. The summed E-state index contributed by atoms with van der Waals surface area (Å²) in [6.07, 6.45) is 6.35. The zero-order chi connectivity index (χ0) is 28.3. The second kappa shape index (κ2) is 12.0. The zero-order valence-electron chi connectivity index (χ0n) is 23.9. The average Bonchev–Trinajstić information content (AvgIpc) is 2.93. The van der Waals surface area contributed by atoms with Crippen molar-refractivity contribution in [3.63, 3.8) is 0 Å². The minimum atomic E-state index is -3.82. The molecule has 6 nitrogen and oxygen atoms in total. The highest BCUT2D eigenvalue weighted by molar-refractivity contribution is 7.92. The van der Waals surface area contributed by atoms with E-state index in [1.807, 2.05) is 43.9 Å². The van der Waals surface area contributed by atoms with Crippen LogP contribution in [0.2, 0.25) is 0 Å². The fraction of sp³-hybridized carbons (Fsp3) is 0.424. The van der Waals surface area contributed by atoms with Gasteiger partial charge in [-0.15, -0.1) is 0 Å².